The zero-order valence-corrected chi connectivity index (χ0v) is 18.9. The van der Waals surface area contributed by atoms with Crippen LogP contribution in [-0.2, 0) is 4.79 Å². The number of nitrogens with one attached hydrogen (secondary N) is 2. The number of amides is 1. The molecule has 8 heteroatoms. The molecular formula is C26H28N6O2. The van der Waals surface area contributed by atoms with Crippen molar-refractivity contribution >= 4 is 11.6 Å². The van der Waals surface area contributed by atoms with Crippen molar-refractivity contribution in [1.82, 2.24) is 15.2 Å². The van der Waals surface area contributed by atoms with Gasteiger partial charge in [0.1, 0.15) is 11.8 Å². The minimum absolute atomic E-state index is 0.481. The maximum Gasteiger partial charge on any atom is 0.240 e. The first-order valence-electron chi connectivity index (χ1n) is 11.3. The number of ether oxygens (including phenoxy) is 1. The van der Waals surface area contributed by atoms with E-state index < -0.39 is 17.7 Å². The summed E-state index contributed by atoms with van der Waals surface area (Å²) in [4.78, 5) is 17.9. The minimum Gasteiger partial charge on any atom is -0.493 e. The summed E-state index contributed by atoms with van der Waals surface area (Å²) in [5.41, 5.74) is 8.57. The fourth-order valence-electron chi connectivity index (χ4n) is 4.25. The third-order valence-corrected chi connectivity index (χ3v) is 5.90. The molecule has 3 aromatic rings. The molecule has 3 unspecified atom stereocenters. The minimum atomic E-state index is -1.01. The average Bonchev–Trinajstić information content (AvgIpc) is 3.48. The molecule has 0 saturated carbocycles. The number of benzene rings is 2. The van der Waals surface area contributed by atoms with E-state index in [1.54, 1.807) is 24.5 Å². The lowest BCUT2D eigenvalue weighted by molar-refractivity contribution is -0.118. The van der Waals surface area contributed by atoms with Gasteiger partial charge in [0.15, 0.2) is 6.19 Å². The Labute approximate surface area is 199 Å². The Hall–Kier alpha value is -4.09. The zero-order chi connectivity index (χ0) is 23.8. The van der Waals surface area contributed by atoms with Gasteiger partial charge < -0.3 is 15.8 Å². The number of primary amides is 1. The van der Waals surface area contributed by atoms with Gasteiger partial charge in [-0.25, -0.2) is 4.90 Å². The molecule has 1 aromatic heterocycles. The molecule has 1 saturated heterocycles. The second-order valence-electron chi connectivity index (χ2n) is 8.13. The first-order chi connectivity index (χ1) is 16.7. The van der Waals surface area contributed by atoms with Crippen LogP contribution in [0.3, 0.4) is 0 Å². The number of pyridine rings is 1. The van der Waals surface area contributed by atoms with E-state index in [0.29, 0.717) is 13.2 Å². The molecule has 174 valence electrons. The molecule has 0 bridgehead atoms. The van der Waals surface area contributed by atoms with Crippen molar-refractivity contribution in [2.45, 2.75) is 31.1 Å². The molecular weight excluding hydrogens is 428 g/mol. The van der Waals surface area contributed by atoms with Gasteiger partial charge in [-0.3, -0.25) is 15.1 Å². The molecule has 0 aliphatic carbocycles. The molecule has 4 N–H and O–H groups in total. The standard InChI is InChI=1S/C26H28N6O2/c27-19-30-26(31-21-13-15-29-16-14-21)24(25(28)33)32(26)17-7-2-8-18-34-23-12-6-5-11-22(23)20-9-3-1-4-10-20/h1,3-6,9-16,24,30H,2,7-8,17-18H2,(H2,28,33)(H,29,31). The van der Waals surface area contributed by atoms with Crippen LogP contribution in [-0.4, -0.2) is 40.8 Å². The Kier molecular flexibility index (Phi) is 7.25. The van der Waals surface area contributed by atoms with Crippen molar-refractivity contribution in [2.75, 3.05) is 18.5 Å². The van der Waals surface area contributed by atoms with E-state index >= 15 is 0 Å². The third-order valence-electron chi connectivity index (χ3n) is 5.90. The van der Waals surface area contributed by atoms with Crippen molar-refractivity contribution < 1.29 is 9.53 Å². The monoisotopic (exact) mass is 456 g/mol. The molecule has 3 atom stereocenters. The van der Waals surface area contributed by atoms with Crippen molar-refractivity contribution in [2.24, 2.45) is 5.73 Å². The van der Waals surface area contributed by atoms with E-state index in [2.05, 4.69) is 33.8 Å². The summed E-state index contributed by atoms with van der Waals surface area (Å²) >= 11 is 0. The number of para-hydroxylation sites is 1. The summed E-state index contributed by atoms with van der Waals surface area (Å²) in [6.07, 6.45) is 7.86. The van der Waals surface area contributed by atoms with Crippen molar-refractivity contribution in [3.63, 3.8) is 0 Å². The summed E-state index contributed by atoms with van der Waals surface area (Å²) in [5, 5.41) is 15.2. The van der Waals surface area contributed by atoms with Crippen LogP contribution >= 0.6 is 0 Å². The van der Waals surface area contributed by atoms with Crippen LogP contribution in [0.1, 0.15) is 19.3 Å². The van der Waals surface area contributed by atoms with E-state index in [0.717, 1.165) is 41.8 Å². The number of carbonyl (C=O) groups is 1. The van der Waals surface area contributed by atoms with Crippen LogP contribution in [0.5, 0.6) is 5.75 Å². The number of rotatable bonds is 12. The van der Waals surface area contributed by atoms with Crippen LogP contribution in [0.15, 0.2) is 79.1 Å². The lowest BCUT2D eigenvalue weighted by Gasteiger charge is -2.19. The SMILES string of the molecule is N#CNC1(Nc2ccncc2)C(C(N)=O)N1CCCCCOc1ccccc1-c1ccccc1. The largest absolute Gasteiger partial charge is 0.493 e. The van der Waals surface area contributed by atoms with Gasteiger partial charge >= 0.3 is 0 Å². The quantitative estimate of drug-likeness (QED) is 0.126. The highest BCUT2D eigenvalue weighted by Crippen LogP contribution is 2.39. The third kappa shape index (κ3) is 5.11. The number of carbonyl (C=O) groups excluding carboxylic acids is 1. The fraction of sp³-hybridized carbons (Fsp3) is 0.269. The number of anilines is 1. The fourth-order valence-corrected chi connectivity index (χ4v) is 4.25. The molecule has 0 radical (unpaired) electrons. The van der Waals surface area contributed by atoms with E-state index in [9.17, 15) is 10.1 Å². The van der Waals surface area contributed by atoms with Crippen molar-refractivity contribution in [3.8, 4) is 23.1 Å². The van der Waals surface area contributed by atoms with E-state index in [4.69, 9.17) is 10.5 Å². The van der Waals surface area contributed by atoms with Crippen molar-refractivity contribution in [3.05, 3.63) is 79.1 Å². The second kappa shape index (κ2) is 10.7. The summed E-state index contributed by atoms with van der Waals surface area (Å²) in [5.74, 6) is -0.620. The second-order valence-corrected chi connectivity index (χ2v) is 8.13. The maximum atomic E-state index is 12.1. The van der Waals surface area contributed by atoms with Gasteiger partial charge in [0.2, 0.25) is 11.7 Å². The number of unbranched alkanes of at least 4 members (excludes halogenated alkanes) is 2. The number of nitrogens with two attached hydrogens (primary N) is 1. The molecule has 2 aromatic carbocycles. The van der Waals surface area contributed by atoms with Gasteiger partial charge in [0, 0.05) is 30.2 Å². The van der Waals surface area contributed by atoms with Gasteiger partial charge in [0.25, 0.3) is 0 Å². The first kappa shape index (κ1) is 23.1. The smallest absolute Gasteiger partial charge is 0.240 e. The lowest BCUT2D eigenvalue weighted by atomic mass is 10.1. The molecule has 4 rings (SSSR count). The lowest BCUT2D eigenvalue weighted by Crippen LogP contribution is -2.44. The van der Waals surface area contributed by atoms with E-state index in [1.165, 1.54) is 0 Å². The molecule has 1 aliphatic heterocycles. The molecule has 2 heterocycles. The van der Waals surface area contributed by atoms with Gasteiger partial charge in [-0.1, -0.05) is 48.5 Å². The topological polar surface area (TPSA) is 116 Å². The molecule has 1 amide bonds. The van der Waals surface area contributed by atoms with Crippen molar-refractivity contribution in [1.29, 1.82) is 5.26 Å². The number of hydrogen-bond donors (Lipinski definition) is 3. The predicted molar refractivity (Wildman–Crippen MR) is 130 cm³/mol. The highest BCUT2D eigenvalue weighted by molar-refractivity contribution is 5.86. The molecule has 0 spiro atoms. The number of nitriles is 1. The van der Waals surface area contributed by atoms with Crippen LogP contribution in [0.2, 0.25) is 0 Å². The Bertz CT molecular complexity index is 1130. The number of hydrogen-bond acceptors (Lipinski definition) is 7. The van der Waals surface area contributed by atoms with Gasteiger partial charge in [-0.05, 0) is 43.0 Å². The van der Waals surface area contributed by atoms with E-state index in [1.807, 2.05) is 47.5 Å². The Morgan fingerprint density at radius 1 is 1.06 bits per heavy atom. The summed E-state index contributed by atoms with van der Waals surface area (Å²) in [6, 6.07) is 21.2. The summed E-state index contributed by atoms with van der Waals surface area (Å²) in [7, 11) is 0. The predicted octanol–water partition coefficient (Wildman–Crippen LogP) is 3.30. The average molecular weight is 457 g/mol. The zero-order valence-electron chi connectivity index (χ0n) is 18.9. The molecule has 34 heavy (non-hydrogen) atoms. The highest BCUT2D eigenvalue weighted by Gasteiger charge is 2.66. The van der Waals surface area contributed by atoms with Crippen LogP contribution < -0.4 is 21.1 Å². The normalized spacial score (nSPS) is 20.7. The van der Waals surface area contributed by atoms with Gasteiger partial charge in [0.05, 0.1) is 6.61 Å². The maximum absolute atomic E-state index is 12.1. The highest BCUT2D eigenvalue weighted by atomic mass is 16.5. The van der Waals surface area contributed by atoms with E-state index in [-0.39, 0.29) is 0 Å². The molecule has 8 nitrogen and oxygen atoms in total. The number of aromatic nitrogens is 1. The van der Waals surface area contributed by atoms with Gasteiger partial charge in [-0.15, -0.1) is 0 Å². The van der Waals surface area contributed by atoms with Crippen LogP contribution in [0, 0.1) is 11.5 Å². The van der Waals surface area contributed by atoms with Crippen LogP contribution in [0.25, 0.3) is 11.1 Å². The summed E-state index contributed by atoms with van der Waals surface area (Å²) in [6.45, 7) is 1.21. The molecule has 1 aliphatic rings. The summed E-state index contributed by atoms with van der Waals surface area (Å²) < 4.78 is 6.07. The van der Waals surface area contributed by atoms with Crippen LogP contribution in [0.4, 0.5) is 5.69 Å². The number of nitrogens with zero attached hydrogens (tertiary/aromatic N) is 3. The Morgan fingerprint density at radius 2 is 1.79 bits per heavy atom. The van der Waals surface area contributed by atoms with Gasteiger partial charge in [-0.2, -0.15) is 5.26 Å². The Balaban J connectivity index is 1.28. The molecule has 1 fully saturated rings. The first-order valence-corrected chi connectivity index (χ1v) is 11.3. The Morgan fingerprint density at radius 3 is 2.53 bits per heavy atom.